The van der Waals surface area contributed by atoms with Crippen molar-refractivity contribution in [2.45, 2.75) is 25.9 Å². The number of alkyl halides is 3. The summed E-state index contributed by atoms with van der Waals surface area (Å²) in [5.41, 5.74) is 1.37. The highest BCUT2D eigenvalue weighted by molar-refractivity contribution is 5.75. The largest absolute Gasteiger partial charge is 0.416 e. The highest BCUT2D eigenvalue weighted by Crippen LogP contribution is 2.34. The summed E-state index contributed by atoms with van der Waals surface area (Å²) in [6, 6.07) is 7.28. The monoisotopic (exact) mass is 332 g/mol. The summed E-state index contributed by atoms with van der Waals surface area (Å²) in [6.45, 7) is 2.41. The minimum Gasteiger partial charge on any atom is -0.365 e. The number of hydrogen-bond acceptors (Lipinski definition) is 3. The minimum atomic E-state index is -4.40. The Labute approximate surface area is 137 Å². The molecule has 1 aromatic carbocycles. The first-order chi connectivity index (χ1) is 11.5. The molecule has 0 spiro atoms. The van der Waals surface area contributed by atoms with Gasteiger partial charge < -0.3 is 5.32 Å². The summed E-state index contributed by atoms with van der Waals surface area (Å²) in [5, 5.41) is 16.9. The molecular weight excluding hydrogens is 317 g/mol. The summed E-state index contributed by atoms with van der Waals surface area (Å²) in [7, 11) is 0. The van der Waals surface area contributed by atoms with Gasteiger partial charge in [-0.05, 0) is 24.6 Å². The van der Waals surface area contributed by atoms with E-state index in [-0.39, 0.29) is 0 Å². The minimum absolute atomic E-state index is 0.419. The van der Waals surface area contributed by atoms with Gasteiger partial charge in [0.25, 0.3) is 0 Å². The third-order valence-electron chi connectivity index (χ3n) is 3.84. The van der Waals surface area contributed by atoms with E-state index < -0.39 is 11.7 Å². The van der Waals surface area contributed by atoms with Gasteiger partial charge in [-0.3, -0.25) is 0 Å². The van der Waals surface area contributed by atoms with Gasteiger partial charge in [-0.2, -0.15) is 23.5 Å². The van der Waals surface area contributed by atoms with Gasteiger partial charge in [0.05, 0.1) is 17.0 Å². The number of fused-ring (bicyclic) bond motifs is 1. The number of nitriles is 1. The van der Waals surface area contributed by atoms with Gasteiger partial charge in [-0.15, -0.1) is 0 Å². The van der Waals surface area contributed by atoms with Crippen molar-refractivity contribution in [3.63, 3.8) is 0 Å². The molecule has 2 heterocycles. The average molecular weight is 332 g/mol. The molecule has 0 saturated carbocycles. The molecule has 24 heavy (non-hydrogen) atoms. The summed E-state index contributed by atoms with van der Waals surface area (Å²) in [5.74, 6) is 0.538. The molecule has 4 nitrogen and oxygen atoms in total. The number of rotatable bonds is 3. The Bertz CT molecular complexity index is 840. The first-order valence-electron chi connectivity index (χ1n) is 7.59. The van der Waals surface area contributed by atoms with Gasteiger partial charge in [-0.1, -0.05) is 25.5 Å². The van der Waals surface area contributed by atoms with Crippen LogP contribution in [-0.2, 0) is 12.6 Å². The molecule has 0 atom stereocenters. The highest BCUT2D eigenvalue weighted by atomic mass is 19.4. The number of benzene rings is 1. The van der Waals surface area contributed by atoms with Crippen molar-refractivity contribution >= 4 is 11.5 Å². The predicted octanol–water partition coefficient (Wildman–Crippen LogP) is 4.04. The first-order valence-corrected chi connectivity index (χ1v) is 7.59. The Morgan fingerprint density at radius 3 is 2.83 bits per heavy atom. The zero-order chi connectivity index (χ0) is 17.3. The molecule has 0 bridgehead atoms. The quantitative estimate of drug-likeness (QED) is 0.923. The molecule has 1 aliphatic rings. The molecule has 0 unspecified atom stereocenters. The van der Waals surface area contributed by atoms with E-state index in [1.807, 2.05) is 6.92 Å². The topological polar surface area (TPSA) is 53.6 Å². The molecule has 1 aromatic heterocycles. The lowest BCUT2D eigenvalue weighted by Crippen LogP contribution is -2.16. The molecule has 0 amide bonds. The lowest BCUT2D eigenvalue weighted by Gasteiger charge is -2.19. The van der Waals surface area contributed by atoms with Crippen LogP contribution in [-0.4, -0.2) is 16.3 Å². The van der Waals surface area contributed by atoms with Crippen LogP contribution in [0.25, 0.3) is 5.70 Å². The summed E-state index contributed by atoms with van der Waals surface area (Å²) < 4.78 is 40.4. The smallest absolute Gasteiger partial charge is 0.365 e. The fourth-order valence-electron chi connectivity index (χ4n) is 2.76. The lowest BCUT2D eigenvalue weighted by molar-refractivity contribution is -0.137. The fourth-order valence-corrected chi connectivity index (χ4v) is 2.76. The molecule has 1 aliphatic heterocycles. The van der Waals surface area contributed by atoms with Crippen LogP contribution in [0.2, 0.25) is 0 Å². The van der Waals surface area contributed by atoms with E-state index in [2.05, 4.69) is 16.5 Å². The average Bonchev–Trinajstić information content (AvgIpc) is 2.91. The van der Waals surface area contributed by atoms with Gasteiger partial charge in [0.15, 0.2) is 0 Å². The van der Waals surface area contributed by atoms with Crippen molar-refractivity contribution in [2.24, 2.45) is 0 Å². The van der Waals surface area contributed by atoms with Crippen molar-refractivity contribution in [3.05, 3.63) is 52.7 Å². The molecular formula is C17H15F3N4. The second kappa shape index (κ2) is 6.04. The number of nitrogens with one attached hydrogen (secondary N) is 1. The predicted molar refractivity (Wildman–Crippen MR) is 84.2 cm³/mol. The second-order valence-corrected chi connectivity index (χ2v) is 5.49. The van der Waals surface area contributed by atoms with Crippen molar-refractivity contribution < 1.29 is 13.2 Å². The Morgan fingerprint density at radius 2 is 2.17 bits per heavy atom. The van der Waals surface area contributed by atoms with E-state index in [0.717, 1.165) is 18.6 Å². The molecule has 2 aromatic rings. The van der Waals surface area contributed by atoms with Gasteiger partial charge in [0.2, 0.25) is 0 Å². The molecule has 0 saturated heterocycles. The molecule has 7 heteroatoms. The van der Waals surface area contributed by atoms with Gasteiger partial charge in [-0.25, -0.2) is 4.68 Å². The number of halogens is 3. The molecule has 0 radical (unpaired) electrons. The molecule has 1 N–H and O–H groups in total. The zero-order valence-electron chi connectivity index (χ0n) is 13.0. The van der Waals surface area contributed by atoms with E-state index in [9.17, 15) is 18.4 Å². The standard InChI is InChI=1S/C17H15F3N4/c1-2-4-14-13(10-21)16-22-8-7-15(24(16)23-14)11-5-3-6-12(9-11)17(18,19)20/h3,5-7,9,22H,2,4,8H2,1H3. The Morgan fingerprint density at radius 1 is 1.38 bits per heavy atom. The lowest BCUT2D eigenvalue weighted by atomic mass is 10.1. The van der Waals surface area contributed by atoms with E-state index >= 15 is 0 Å². The molecule has 124 valence electrons. The van der Waals surface area contributed by atoms with Crippen LogP contribution >= 0.6 is 0 Å². The third kappa shape index (κ3) is 2.75. The van der Waals surface area contributed by atoms with Crippen molar-refractivity contribution in [1.29, 1.82) is 5.26 Å². The van der Waals surface area contributed by atoms with Crippen LogP contribution in [0.3, 0.4) is 0 Å². The first kappa shape index (κ1) is 16.1. The second-order valence-electron chi connectivity index (χ2n) is 5.49. The highest BCUT2D eigenvalue weighted by Gasteiger charge is 2.31. The third-order valence-corrected chi connectivity index (χ3v) is 3.84. The fraction of sp³-hybridized carbons (Fsp3) is 0.294. The van der Waals surface area contributed by atoms with E-state index in [1.54, 1.807) is 12.1 Å². The zero-order valence-corrected chi connectivity index (χ0v) is 13.0. The maximum atomic E-state index is 13.0. The number of nitrogens with zero attached hydrogens (tertiary/aromatic N) is 3. The van der Waals surface area contributed by atoms with Crippen molar-refractivity contribution in [1.82, 2.24) is 9.78 Å². The maximum Gasteiger partial charge on any atom is 0.416 e. The number of anilines is 1. The van der Waals surface area contributed by atoms with Crippen LogP contribution in [0.5, 0.6) is 0 Å². The Balaban J connectivity index is 2.10. The normalized spacial score (nSPS) is 13.7. The van der Waals surface area contributed by atoms with E-state index in [4.69, 9.17) is 0 Å². The van der Waals surface area contributed by atoms with Gasteiger partial charge in [0, 0.05) is 12.1 Å². The van der Waals surface area contributed by atoms with Crippen molar-refractivity contribution in [3.8, 4) is 6.07 Å². The number of aryl methyl sites for hydroxylation is 1. The van der Waals surface area contributed by atoms with Crippen molar-refractivity contribution in [2.75, 3.05) is 11.9 Å². The van der Waals surface area contributed by atoms with Crippen LogP contribution in [0.15, 0.2) is 30.3 Å². The maximum absolute atomic E-state index is 13.0. The summed E-state index contributed by atoms with van der Waals surface area (Å²) in [6.07, 6.45) is -1.16. The van der Waals surface area contributed by atoms with Crippen LogP contribution in [0.4, 0.5) is 19.0 Å². The Kier molecular flexibility index (Phi) is 4.06. The van der Waals surface area contributed by atoms with Crippen LogP contribution in [0, 0.1) is 11.3 Å². The van der Waals surface area contributed by atoms with Crippen LogP contribution < -0.4 is 5.32 Å². The van der Waals surface area contributed by atoms with E-state index in [1.165, 1.54) is 10.7 Å². The summed E-state index contributed by atoms with van der Waals surface area (Å²) in [4.78, 5) is 0. The SMILES string of the molecule is CCCc1nn2c(c1C#N)NCC=C2c1cccc(C(F)(F)F)c1. The Hall–Kier alpha value is -2.75. The molecule has 0 aliphatic carbocycles. The molecule has 0 fully saturated rings. The number of aromatic nitrogens is 2. The van der Waals surface area contributed by atoms with Gasteiger partial charge >= 0.3 is 6.18 Å². The van der Waals surface area contributed by atoms with E-state index in [0.29, 0.717) is 41.3 Å². The molecule has 3 rings (SSSR count). The van der Waals surface area contributed by atoms with Gasteiger partial charge in [0.1, 0.15) is 17.5 Å². The number of hydrogen-bond donors (Lipinski definition) is 1. The van der Waals surface area contributed by atoms with Crippen LogP contribution in [0.1, 0.15) is 35.7 Å². The summed E-state index contributed by atoms with van der Waals surface area (Å²) >= 11 is 0.